The normalized spacial score (nSPS) is 24.7. The molecule has 1 amide bonds. The van der Waals surface area contributed by atoms with Crippen LogP contribution >= 0.6 is 0 Å². The second kappa shape index (κ2) is 8.27. The lowest BCUT2D eigenvalue weighted by atomic mass is 9.86. The van der Waals surface area contributed by atoms with Crippen LogP contribution in [0.2, 0.25) is 0 Å². The highest BCUT2D eigenvalue weighted by atomic mass is 16.4. The number of carbonyl (C=O) groups is 2. The summed E-state index contributed by atoms with van der Waals surface area (Å²) < 4.78 is 0. The molecule has 1 saturated carbocycles. The van der Waals surface area contributed by atoms with Gasteiger partial charge in [-0.2, -0.15) is 0 Å². The molecule has 1 heterocycles. The topological polar surface area (TPSA) is 73.2 Å². The molecule has 1 aromatic rings. The number of hydrogen-bond donors (Lipinski definition) is 1. The van der Waals surface area contributed by atoms with Gasteiger partial charge in [-0.15, -0.1) is 0 Å². The SMILES string of the molecule is CN(C(=O)Cc1ccccc1C=O)C1CC/C(=N/O)CC1N1CC=CC1. The first-order chi connectivity index (χ1) is 12.6. The number of hydrogen-bond acceptors (Lipinski definition) is 5. The fourth-order valence-corrected chi connectivity index (χ4v) is 3.95. The number of benzene rings is 1. The fourth-order valence-electron chi connectivity index (χ4n) is 3.95. The molecule has 138 valence electrons. The maximum atomic E-state index is 12.9. The largest absolute Gasteiger partial charge is 0.411 e. The molecule has 1 aliphatic heterocycles. The third kappa shape index (κ3) is 3.85. The van der Waals surface area contributed by atoms with E-state index in [1.165, 1.54) is 0 Å². The van der Waals surface area contributed by atoms with Crippen LogP contribution in [-0.2, 0) is 11.2 Å². The Balaban J connectivity index is 1.74. The van der Waals surface area contributed by atoms with Crippen LogP contribution in [-0.4, -0.2) is 65.1 Å². The van der Waals surface area contributed by atoms with Crippen molar-refractivity contribution in [1.29, 1.82) is 0 Å². The van der Waals surface area contributed by atoms with Gasteiger partial charge in [0.1, 0.15) is 6.29 Å². The molecular weight excluding hydrogens is 330 g/mol. The van der Waals surface area contributed by atoms with E-state index in [0.29, 0.717) is 18.4 Å². The minimum Gasteiger partial charge on any atom is -0.411 e. The molecule has 0 bridgehead atoms. The van der Waals surface area contributed by atoms with Gasteiger partial charge in [-0.25, -0.2) is 0 Å². The van der Waals surface area contributed by atoms with Gasteiger partial charge in [-0.3, -0.25) is 14.5 Å². The Morgan fingerprint density at radius 3 is 2.77 bits per heavy atom. The lowest BCUT2D eigenvalue weighted by Crippen LogP contribution is -2.55. The number of nitrogens with zero attached hydrogens (tertiary/aromatic N) is 3. The molecule has 2 atom stereocenters. The van der Waals surface area contributed by atoms with Crippen LogP contribution in [0, 0.1) is 0 Å². The fraction of sp³-hybridized carbons (Fsp3) is 0.450. The summed E-state index contributed by atoms with van der Waals surface area (Å²) in [5.74, 6) is 0.00541. The Morgan fingerprint density at radius 1 is 1.35 bits per heavy atom. The first-order valence-corrected chi connectivity index (χ1v) is 9.01. The highest BCUT2D eigenvalue weighted by molar-refractivity contribution is 5.87. The molecule has 6 heteroatoms. The van der Waals surface area contributed by atoms with Gasteiger partial charge in [0.05, 0.1) is 12.1 Å². The van der Waals surface area contributed by atoms with Crippen LogP contribution in [0.5, 0.6) is 0 Å². The zero-order valence-corrected chi connectivity index (χ0v) is 15.0. The number of likely N-dealkylation sites (N-methyl/N-ethyl adjacent to an activating group) is 1. The van der Waals surface area contributed by atoms with Gasteiger partial charge in [0.2, 0.25) is 5.91 Å². The summed E-state index contributed by atoms with van der Waals surface area (Å²) in [6.07, 6.45) is 7.41. The third-order valence-corrected chi connectivity index (χ3v) is 5.49. The van der Waals surface area contributed by atoms with E-state index in [-0.39, 0.29) is 24.4 Å². The second-order valence-electron chi connectivity index (χ2n) is 6.97. The molecule has 26 heavy (non-hydrogen) atoms. The van der Waals surface area contributed by atoms with Crippen LogP contribution in [0.25, 0.3) is 0 Å². The highest BCUT2D eigenvalue weighted by Crippen LogP contribution is 2.27. The van der Waals surface area contributed by atoms with E-state index in [1.807, 2.05) is 24.1 Å². The minimum atomic E-state index is 0.00541. The van der Waals surface area contributed by atoms with E-state index < -0.39 is 0 Å². The van der Waals surface area contributed by atoms with E-state index in [4.69, 9.17) is 0 Å². The molecule has 0 radical (unpaired) electrons. The van der Waals surface area contributed by atoms with Crippen molar-refractivity contribution in [1.82, 2.24) is 9.80 Å². The summed E-state index contributed by atoms with van der Waals surface area (Å²) in [5.41, 5.74) is 2.12. The summed E-state index contributed by atoms with van der Waals surface area (Å²) in [7, 11) is 1.84. The van der Waals surface area contributed by atoms with Gasteiger partial charge in [0.15, 0.2) is 0 Å². The summed E-state index contributed by atoms with van der Waals surface area (Å²) in [4.78, 5) is 28.2. The van der Waals surface area contributed by atoms with Gasteiger partial charge in [-0.1, -0.05) is 41.6 Å². The van der Waals surface area contributed by atoms with Gasteiger partial charge in [0.25, 0.3) is 0 Å². The number of aldehydes is 1. The molecule has 1 aromatic carbocycles. The zero-order valence-electron chi connectivity index (χ0n) is 15.0. The van der Waals surface area contributed by atoms with Crippen LogP contribution < -0.4 is 0 Å². The molecule has 0 saturated heterocycles. The maximum Gasteiger partial charge on any atom is 0.227 e. The first-order valence-electron chi connectivity index (χ1n) is 9.01. The van der Waals surface area contributed by atoms with Crippen molar-refractivity contribution < 1.29 is 14.8 Å². The van der Waals surface area contributed by atoms with Gasteiger partial charge in [-0.05, 0) is 18.4 Å². The Kier molecular flexibility index (Phi) is 5.83. The molecule has 2 unspecified atom stereocenters. The highest BCUT2D eigenvalue weighted by Gasteiger charge is 2.37. The van der Waals surface area contributed by atoms with Crippen LogP contribution in [0.4, 0.5) is 0 Å². The monoisotopic (exact) mass is 355 g/mol. The summed E-state index contributed by atoms with van der Waals surface area (Å²) in [6.45, 7) is 1.71. The van der Waals surface area contributed by atoms with Crippen molar-refractivity contribution in [3.05, 3.63) is 47.5 Å². The number of carbonyl (C=O) groups excluding carboxylic acids is 2. The van der Waals surface area contributed by atoms with Crippen molar-refractivity contribution >= 4 is 17.9 Å². The second-order valence-corrected chi connectivity index (χ2v) is 6.97. The van der Waals surface area contributed by atoms with Crippen molar-refractivity contribution in [3.8, 4) is 0 Å². The Labute approximate surface area is 153 Å². The molecule has 0 aromatic heterocycles. The molecular formula is C20H25N3O3. The summed E-state index contributed by atoms with van der Waals surface area (Å²) in [5, 5.41) is 12.6. The van der Waals surface area contributed by atoms with Crippen LogP contribution in [0.15, 0.2) is 41.6 Å². The van der Waals surface area contributed by atoms with E-state index in [0.717, 1.165) is 37.1 Å². The Morgan fingerprint density at radius 2 is 2.08 bits per heavy atom. The van der Waals surface area contributed by atoms with Gasteiger partial charge >= 0.3 is 0 Å². The molecule has 0 spiro atoms. The Hall–Kier alpha value is -2.47. The first kappa shape index (κ1) is 18.3. The number of rotatable bonds is 5. The number of amides is 1. The van der Waals surface area contributed by atoms with E-state index >= 15 is 0 Å². The minimum absolute atomic E-state index is 0.00541. The van der Waals surface area contributed by atoms with Gasteiger partial charge in [0, 0.05) is 44.2 Å². The van der Waals surface area contributed by atoms with Crippen molar-refractivity contribution in [3.63, 3.8) is 0 Å². The quantitative estimate of drug-likeness (QED) is 0.380. The van der Waals surface area contributed by atoms with Crippen LogP contribution in [0.3, 0.4) is 0 Å². The molecule has 1 N–H and O–H groups in total. The summed E-state index contributed by atoms with van der Waals surface area (Å²) in [6, 6.07) is 7.41. The standard InChI is InChI=1S/C20H25N3O3/c1-22(20(25)12-15-6-2-3-7-16(15)14-24)18-9-8-17(21-26)13-19(18)23-10-4-5-11-23/h2-7,14,18-19,26H,8-13H2,1H3/b21-17-. The van der Waals surface area contributed by atoms with Crippen molar-refractivity contribution in [2.24, 2.45) is 5.16 Å². The molecule has 1 fully saturated rings. The Bertz CT molecular complexity index is 721. The molecule has 3 rings (SSSR count). The van der Waals surface area contributed by atoms with E-state index in [2.05, 4.69) is 22.2 Å². The smallest absolute Gasteiger partial charge is 0.227 e. The van der Waals surface area contributed by atoms with Crippen LogP contribution in [0.1, 0.15) is 35.2 Å². The lowest BCUT2D eigenvalue weighted by Gasteiger charge is -2.42. The maximum absolute atomic E-state index is 12.9. The van der Waals surface area contributed by atoms with Crippen molar-refractivity contribution in [2.75, 3.05) is 20.1 Å². The molecule has 1 aliphatic carbocycles. The zero-order chi connectivity index (χ0) is 18.5. The van der Waals surface area contributed by atoms with E-state index in [9.17, 15) is 14.8 Å². The average Bonchev–Trinajstić information content (AvgIpc) is 3.22. The molecule has 2 aliphatic rings. The number of oxime groups is 1. The summed E-state index contributed by atoms with van der Waals surface area (Å²) >= 11 is 0. The third-order valence-electron chi connectivity index (χ3n) is 5.49. The lowest BCUT2D eigenvalue weighted by molar-refractivity contribution is -0.132. The van der Waals surface area contributed by atoms with Crippen molar-refractivity contribution in [2.45, 2.75) is 37.8 Å². The predicted molar refractivity (Wildman–Crippen MR) is 99.7 cm³/mol. The average molecular weight is 355 g/mol. The van der Waals surface area contributed by atoms with Gasteiger partial charge < -0.3 is 10.1 Å². The molecule has 6 nitrogen and oxygen atoms in total. The predicted octanol–water partition coefficient (Wildman–Crippen LogP) is 2.12. The van der Waals surface area contributed by atoms with E-state index in [1.54, 1.807) is 12.1 Å².